The highest BCUT2D eigenvalue weighted by Gasteiger charge is 2.43. The minimum atomic E-state index is -1.09. The summed E-state index contributed by atoms with van der Waals surface area (Å²) in [6, 6.07) is 6.69. The monoisotopic (exact) mass is 392 g/mol. The van der Waals surface area contributed by atoms with E-state index in [0.717, 1.165) is 42.6 Å². The van der Waals surface area contributed by atoms with Crippen LogP contribution in [0.4, 0.5) is 4.79 Å². The van der Waals surface area contributed by atoms with Gasteiger partial charge in [0.2, 0.25) is 5.82 Å². The van der Waals surface area contributed by atoms with E-state index in [4.69, 9.17) is 4.52 Å². The van der Waals surface area contributed by atoms with Crippen molar-refractivity contribution in [3.8, 4) is 23.0 Å². The summed E-state index contributed by atoms with van der Waals surface area (Å²) in [4.78, 5) is 28.2. The first-order valence-electron chi connectivity index (χ1n) is 9.59. The quantitative estimate of drug-likeness (QED) is 0.660. The Balaban J connectivity index is 1.45. The van der Waals surface area contributed by atoms with Crippen molar-refractivity contribution in [3.05, 3.63) is 41.1 Å². The van der Waals surface area contributed by atoms with Crippen molar-refractivity contribution in [1.82, 2.24) is 30.6 Å². The van der Waals surface area contributed by atoms with Crippen molar-refractivity contribution in [2.45, 2.75) is 38.1 Å². The first-order valence-corrected chi connectivity index (χ1v) is 9.59. The summed E-state index contributed by atoms with van der Waals surface area (Å²) < 4.78 is 7.37. The summed E-state index contributed by atoms with van der Waals surface area (Å²) in [5.41, 5.74) is 3.53. The van der Waals surface area contributed by atoms with Crippen LogP contribution in [0.15, 0.2) is 28.8 Å². The van der Waals surface area contributed by atoms with E-state index >= 15 is 0 Å². The molecular formula is C20H20N6O3. The second-order valence-electron chi connectivity index (χ2n) is 7.64. The average Bonchev–Trinajstić information content (AvgIpc) is 3.37. The molecule has 2 aromatic heterocycles. The molecule has 148 valence electrons. The Kier molecular flexibility index (Phi) is 3.80. The molecule has 0 spiro atoms. The molecule has 1 saturated heterocycles. The van der Waals surface area contributed by atoms with Gasteiger partial charge in [0.1, 0.15) is 11.2 Å². The Labute approximate surface area is 166 Å². The van der Waals surface area contributed by atoms with Gasteiger partial charge in [-0.2, -0.15) is 10.1 Å². The standard InChI is InChI=1S/C20H20N6O3/c1-20(18(27)22-19(28)23-20)12-9-7-11(8-10-12)16-21-17(29-25-16)15-13-5-3-4-6-14(13)24-26(15)2/h7-10H,3-6H2,1-2H3,(H2,22,23,27,28). The van der Waals surface area contributed by atoms with Crippen LogP contribution < -0.4 is 10.6 Å². The number of hydrogen-bond acceptors (Lipinski definition) is 6. The van der Waals surface area contributed by atoms with Gasteiger partial charge in [0.25, 0.3) is 11.8 Å². The highest BCUT2D eigenvalue weighted by atomic mass is 16.5. The second-order valence-corrected chi connectivity index (χ2v) is 7.64. The van der Waals surface area contributed by atoms with E-state index < -0.39 is 11.6 Å². The lowest BCUT2D eigenvalue weighted by Gasteiger charge is -2.20. The first-order chi connectivity index (χ1) is 14.0. The van der Waals surface area contributed by atoms with Crippen molar-refractivity contribution in [2.24, 2.45) is 7.05 Å². The number of urea groups is 1. The Hall–Kier alpha value is -3.49. The fourth-order valence-corrected chi connectivity index (χ4v) is 4.08. The molecule has 9 nitrogen and oxygen atoms in total. The molecule has 0 bridgehead atoms. The van der Waals surface area contributed by atoms with Crippen LogP contribution in [0.2, 0.25) is 0 Å². The van der Waals surface area contributed by atoms with Crippen LogP contribution in [-0.2, 0) is 30.2 Å². The van der Waals surface area contributed by atoms with Gasteiger partial charge in [0.05, 0.1) is 5.69 Å². The summed E-state index contributed by atoms with van der Waals surface area (Å²) in [7, 11) is 1.90. The van der Waals surface area contributed by atoms with Gasteiger partial charge < -0.3 is 9.84 Å². The summed E-state index contributed by atoms with van der Waals surface area (Å²) in [5, 5.41) is 13.6. The molecular weight excluding hydrogens is 372 g/mol. The number of fused-ring (bicyclic) bond motifs is 1. The summed E-state index contributed by atoms with van der Waals surface area (Å²) in [5.74, 6) is 0.539. The van der Waals surface area contributed by atoms with Crippen molar-refractivity contribution < 1.29 is 14.1 Å². The topological polar surface area (TPSA) is 115 Å². The highest BCUT2D eigenvalue weighted by molar-refractivity contribution is 6.07. The summed E-state index contributed by atoms with van der Waals surface area (Å²) in [6.45, 7) is 1.67. The number of nitrogens with one attached hydrogen (secondary N) is 2. The Morgan fingerprint density at radius 3 is 2.62 bits per heavy atom. The molecule has 3 heterocycles. The second kappa shape index (κ2) is 6.26. The number of carbonyl (C=O) groups is 2. The fraction of sp³-hybridized carbons (Fsp3) is 0.350. The zero-order valence-corrected chi connectivity index (χ0v) is 16.2. The zero-order valence-electron chi connectivity index (χ0n) is 16.2. The maximum Gasteiger partial charge on any atom is 0.322 e. The lowest BCUT2D eigenvalue weighted by molar-refractivity contribution is -0.123. The number of hydrogen-bond donors (Lipinski definition) is 2. The molecule has 1 unspecified atom stereocenters. The molecule has 1 aliphatic heterocycles. The smallest absolute Gasteiger partial charge is 0.322 e. The number of amides is 3. The van der Waals surface area contributed by atoms with E-state index in [-0.39, 0.29) is 5.91 Å². The van der Waals surface area contributed by atoms with Gasteiger partial charge in [-0.05, 0) is 38.2 Å². The fourth-order valence-electron chi connectivity index (χ4n) is 4.08. The lowest BCUT2D eigenvalue weighted by atomic mass is 9.91. The van der Waals surface area contributed by atoms with Gasteiger partial charge in [0.15, 0.2) is 0 Å². The minimum Gasteiger partial charge on any atom is -0.332 e. The molecule has 2 N–H and O–H groups in total. The van der Waals surface area contributed by atoms with Gasteiger partial charge in [-0.1, -0.05) is 29.4 Å². The van der Waals surface area contributed by atoms with Crippen LogP contribution in [0.1, 0.15) is 36.6 Å². The Morgan fingerprint density at radius 2 is 1.90 bits per heavy atom. The molecule has 1 atom stereocenters. The number of nitrogens with zero attached hydrogens (tertiary/aromatic N) is 4. The third kappa shape index (κ3) is 2.72. The van der Waals surface area contributed by atoms with E-state index in [0.29, 0.717) is 17.3 Å². The average molecular weight is 392 g/mol. The SMILES string of the molecule is Cn1nc2c(c1-c1nc(-c3ccc(C4(C)NC(=O)NC4=O)cc3)no1)CCCC2. The molecule has 1 aliphatic carbocycles. The van der Waals surface area contributed by atoms with Crippen LogP contribution in [-0.4, -0.2) is 31.9 Å². The maximum atomic E-state index is 12.1. The van der Waals surface area contributed by atoms with E-state index in [2.05, 4.69) is 25.9 Å². The molecule has 9 heteroatoms. The summed E-state index contributed by atoms with van der Waals surface area (Å²) >= 11 is 0. The number of aryl methyl sites for hydroxylation is 2. The van der Waals surface area contributed by atoms with Crippen molar-refractivity contribution in [1.29, 1.82) is 0 Å². The molecule has 0 radical (unpaired) electrons. The largest absolute Gasteiger partial charge is 0.332 e. The summed E-state index contributed by atoms with van der Waals surface area (Å²) in [6.07, 6.45) is 4.24. The van der Waals surface area contributed by atoms with Gasteiger partial charge in [-0.3, -0.25) is 14.8 Å². The van der Waals surface area contributed by atoms with Crippen LogP contribution in [0.5, 0.6) is 0 Å². The minimum absolute atomic E-state index is 0.377. The van der Waals surface area contributed by atoms with Crippen molar-refractivity contribution in [3.63, 3.8) is 0 Å². The number of carbonyl (C=O) groups excluding carboxylic acids is 2. The van der Waals surface area contributed by atoms with Crippen LogP contribution >= 0.6 is 0 Å². The van der Waals surface area contributed by atoms with Gasteiger partial charge in [-0.25, -0.2) is 4.79 Å². The lowest BCUT2D eigenvalue weighted by Crippen LogP contribution is -2.40. The van der Waals surface area contributed by atoms with E-state index in [9.17, 15) is 9.59 Å². The van der Waals surface area contributed by atoms with E-state index in [1.54, 1.807) is 19.1 Å². The third-order valence-electron chi connectivity index (χ3n) is 5.71. The highest BCUT2D eigenvalue weighted by Crippen LogP contribution is 2.32. The molecule has 29 heavy (non-hydrogen) atoms. The van der Waals surface area contributed by atoms with E-state index in [1.807, 2.05) is 23.9 Å². The first kappa shape index (κ1) is 17.6. The van der Waals surface area contributed by atoms with Crippen LogP contribution in [0.25, 0.3) is 23.0 Å². The Morgan fingerprint density at radius 1 is 1.14 bits per heavy atom. The predicted molar refractivity (Wildman–Crippen MR) is 103 cm³/mol. The molecule has 1 aromatic carbocycles. The number of rotatable bonds is 3. The number of aromatic nitrogens is 4. The van der Waals surface area contributed by atoms with E-state index in [1.165, 1.54) is 5.56 Å². The van der Waals surface area contributed by atoms with Gasteiger partial charge in [-0.15, -0.1) is 0 Å². The molecule has 3 aromatic rings. The molecule has 1 fully saturated rings. The molecule has 5 rings (SSSR count). The maximum absolute atomic E-state index is 12.1. The third-order valence-corrected chi connectivity index (χ3v) is 5.71. The van der Waals surface area contributed by atoms with Crippen molar-refractivity contribution >= 4 is 11.9 Å². The predicted octanol–water partition coefficient (Wildman–Crippen LogP) is 2.07. The van der Waals surface area contributed by atoms with Crippen molar-refractivity contribution in [2.75, 3.05) is 0 Å². The molecule has 2 aliphatic rings. The molecule has 0 saturated carbocycles. The van der Waals surface area contributed by atoms with Crippen LogP contribution in [0, 0.1) is 0 Å². The normalized spacial score (nSPS) is 21.0. The number of benzene rings is 1. The zero-order chi connectivity index (χ0) is 20.2. The molecule has 3 amide bonds. The number of imide groups is 1. The van der Waals surface area contributed by atoms with Gasteiger partial charge in [0, 0.05) is 18.2 Å². The Bertz CT molecular complexity index is 1130. The van der Waals surface area contributed by atoms with Crippen LogP contribution in [0.3, 0.4) is 0 Å². The van der Waals surface area contributed by atoms with Gasteiger partial charge >= 0.3 is 6.03 Å².